The molecule has 0 fully saturated rings. The molecule has 10 heteroatoms. The monoisotopic (exact) mass is 906 g/mol. The van der Waals surface area contributed by atoms with Crippen LogP contribution < -0.4 is 9.47 Å². The highest BCUT2D eigenvalue weighted by Crippen LogP contribution is 2.38. The number of fused-ring (bicyclic) bond motifs is 3. The van der Waals surface area contributed by atoms with Crippen LogP contribution in [0.3, 0.4) is 0 Å². The van der Waals surface area contributed by atoms with Crippen molar-refractivity contribution < 1.29 is 38.0 Å². The molecule has 0 spiro atoms. The van der Waals surface area contributed by atoms with Crippen molar-refractivity contribution in [1.82, 2.24) is 0 Å². The third-order valence-electron chi connectivity index (χ3n) is 9.55. The second kappa shape index (κ2) is 21.9. The van der Waals surface area contributed by atoms with Crippen molar-refractivity contribution >= 4 is 43.8 Å². The summed E-state index contributed by atoms with van der Waals surface area (Å²) in [5.74, 6) is 0.876. The predicted molar refractivity (Wildman–Crippen MR) is 231 cm³/mol. The second-order valence-electron chi connectivity index (χ2n) is 14.9. The molecule has 0 radical (unpaired) electrons. The van der Waals surface area contributed by atoms with E-state index in [1.54, 1.807) is 0 Å². The fourth-order valence-electron chi connectivity index (χ4n) is 6.99. The van der Waals surface area contributed by atoms with Gasteiger partial charge in [-0.2, -0.15) is 0 Å². The number of halogens is 2. The molecule has 0 unspecified atom stereocenters. The summed E-state index contributed by atoms with van der Waals surface area (Å²) in [4.78, 5) is 25.0. The molecule has 0 saturated heterocycles. The number of carbonyl (C=O) groups excluding carboxylic acids is 2. The summed E-state index contributed by atoms with van der Waals surface area (Å²) in [5.41, 5.74) is 9.97. The van der Waals surface area contributed by atoms with E-state index in [9.17, 15) is 9.59 Å². The molecule has 0 heterocycles. The molecular formula is C47H56Br2O8. The topological polar surface area (TPSA) is 89.5 Å². The highest BCUT2D eigenvalue weighted by Gasteiger charge is 2.24. The van der Waals surface area contributed by atoms with Crippen LogP contribution in [0.2, 0.25) is 0 Å². The molecule has 8 nitrogen and oxygen atoms in total. The van der Waals surface area contributed by atoms with E-state index < -0.39 is 12.2 Å². The summed E-state index contributed by atoms with van der Waals surface area (Å²) in [5, 5.41) is 0. The first-order valence-electron chi connectivity index (χ1n) is 20.1. The molecule has 0 aliphatic heterocycles. The lowest BCUT2D eigenvalue weighted by atomic mass is 10.00. The molecule has 5 rings (SSSR count). The zero-order valence-electron chi connectivity index (χ0n) is 34.0. The number of benzene rings is 4. The number of esters is 2. The normalized spacial score (nSPS) is 12.9. The minimum atomic E-state index is -0.638. The van der Waals surface area contributed by atoms with Gasteiger partial charge in [-0.15, -0.1) is 0 Å². The van der Waals surface area contributed by atoms with Gasteiger partial charge in [0.15, 0.2) is 12.2 Å². The maximum absolute atomic E-state index is 12.5. The van der Waals surface area contributed by atoms with Crippen molar-refractivity contribution in [3.8, 4) is 22.6 Å². The van der Waals surface area contributed by atoms with E-state index in [1.807, 2.05) is 77.9 Å². The number of aryl methyl sites for hydroxylation is 2. The zero-order chi connectivity index (χ0) is 40.9. The van der Waals surface area contributed by atoms with Crippen LogP contribution in [0.1, 0.15) is 87.8 Å². The number of rotatable bonds is 22. The Morgan fingerprint density at radius 3 is 1.35 bits per heavy atom. The van der Waals surface area contributed by atoms with E-state index in [-0.39, 0.29) is 24.1 Å². The third-order valence-corrected chi connectivity index (χ3v) is 10.8. The van der Waals surface area contributed by atoms with Crippen LogP contribution in [0.5, 0.6) is 11.5 Å². The van der Waals surface area contributed by atoms with Gasteiger partial charge < -0.3 is 28.4 Å². The minimum Gasteiger partial charge on any atom is -0.492 e. The largest absolute Gasteiger partial charge is 0.492 e. The minimum absolute atomic E-state index is 0.188. The summed E-state index contributed by atoms with van der Waals surface area (Å²) in [6, 6.07) is 25.5. The molecular weight excluding hydrogens is 852 g/mol. The highest BCUT2D eigenvalue weighted by atomic mass is 79.9. The van der Waals surface area contributed by atoms with Gasteiger partial charge in [-0.3, -0.25) is 0 Å². The van der Waals surface area contributed by atoms with E-state index >= 15 is 0 Å². The molecule has 0 aromatic heterocycles. The molecule has 4 aromatic carbocycles. The van der Waals surface area contributed by atoms with Crippen molar-refractivity contribution in [2.45, 2.75) is 111 Å². The second-order valence-corrected chi connectivity index (χ2v) is 16.6. The Morgan fingerprint density at radius 1 is 0.579 bits per heavy atom. The number of carbonyl (C=O) groups is 2. The Labute approximate surface area is 355 Å². The first kappa shape index (κ1) is 44.4. The van der Waals surface area contributed by atoms with Gasteiger partial charge in [-0.05, 0) is 174 Å². The third kappa shape index (κ3) is 13.2. The number of hydrogen-bond acceptors (Lipinski definition) is 8. The molecule has 0 bridgehead atoms. The average Bonchev–Trinajstić information content (AvgIpc) is 3.52. The van der Waals surface area contributed by atoms with E-state index in [0.717, 1.165) is 63.7 Å². The first-order valence-corrected chi connectivity index (χ1v) is 21.7. The van der Waals surface area contributed by atoms with Gasteiger partial charge in [-0.1, -0.05) is 48.5 Å². The lowest BCUT2D eigenvalue weighted by molar-refractivity contribution is -0.161. The molecule has 2 atom stereocenters. The lowest BCUT2D eigenvalue weighted by Gasteiger charge is -2.18. The summed E-state index contributed by atoms with van der Waals surface area (Å²) < 4.78 is 36.1. The Morgan fingerprint density at radius 2 is 0.982 bits per heavy atom. The summed E-state index contributed by atoms with van der Waals surface area (Å²) >= 11 is 7.30. The maximum atomic E-state index is 12.5. The SMILES string of the molecule is CCO[C@@H](Cc1ccc(OCCCc2ccc3c(c2)Cc2cc(CCCOc4ccc(C[C@H](OCC)C(=O)OC(C)C)cc4Br)ccc2-3)c(Br)c1)C(=O)OC(C)C. The van der Waals surface area contributed by atoms with E-state index in [2.05, 4.69) is 68.3 Å². The summed E-state index contributed by atoms with van der Waals surface area (Å²) in [7, 11) is 0. The van der Waals surface area contributed by atoms with Crippen LogP contribution in [0.25, 0.3) is 11.1 Å². The lowest BCUT2D eigenvalue weighted by Crippen LogP contribution is -2.30. The van der Waals surface area contributed by atoms with Crippen LogP contribution in [0.4, 0.5) is 0 Å². The van der Waals surface area contributed by atoms with Crippen molar-refractivity contribution in [2.24, 2.45) is 0 Å². The van der Waals surface area contributed by atoms with Crippen molar-refractivity contribution in [2.75, 3.05) is 26.4 Å². The molecule has 4 aromatic rings. The van der Waals surface area contributed by atoms with Crippen LogP contribution in [0, 0.1) is 0 Å². The van der Waals surface area contributed by atoms with Crippen molar-refractivity contribution in [1.29, 1.82) is 0 Å². The number of ether oxygens (including phenoxy) is 6. The fourth-order valence-corrected chi connectivity index (χ4v) is 8.07. The van der Waals surface area contributed by atoms with Gasteiger partial charge in [0.1, 0.15) is 11.5 Å². The first-order chi connectivity index (χ1) is 27.4. The Hall–Kier alpha value is -3.70. The van der Waals surface area contributed by atoms with Gasteiger partial charge in [0.2, 0.25) is 0 Å². The van der Waals surface area contributed by atoms with E-state index in [4.69, 9.17) is 28.4 Å². The zero-order valence-corrected chi connectivity index (χ0v) is 37.2. The Kier molecular flexibility index (Phi) is 17.1. The molecule has 1 aliphatic rings. The van der Waals surface area contributed by atoms with Crippen LogP contribution in [0.15, 0.2) is 81.7 Å². The fraction of sp³-hybridized carbons (Fsp3) is 0.447. The Balaban J connectivity index is 1.05. The molecule has 0 amide bonds. The molecule has 306 valence electrons. The smallest absolute Gasteiger partial charge is 0.335 e. The quantitative estimate of drug-likeness (QED) is 0.0501. The van der Waals surface area contributed by atoms with E-state index in [1.165, 1.54) is 33.4 Å². The van der Waals surface area contributed by atoms with Gasteiger partial charge in [0.05, 0.1) is 34.4 Å². The van der Waals surface area contributed by atoms with Gasteiger partial charge in [-0.25, -0.2) is 9.59 Å². The predicted octanol–water partition coefficient (Wildman–Crippen LogP) is 10.6. The summed E-state index contributed by atoms with van der Waals surface area (Å²) in [6.45, 7) is 13.2. The standard InChI is InChI=1S/C47H56Br2O8/c1-7-52-44(46(50)56-30(3)4)27-34-15-19-42(40(48)25-34)54-21-9-11-32-13-17-38-36(23-32)29-37-24-33(14-18-39(37)38)12-10-22-55-43-20-16-35(26-41(43)49)28-45(53-8-2)47(51)57-31(5)6/h13-20,23-26,30-31,44-45H,7-12,21-22,27-29H2,1-6H3/t44-,45-/m0/s1. The molecule has 0 N–H and O–H groups in total. The van der Waals surface area contributed by atoms with Crippen LogP contribution in [-0.2, 0) is 60.6 Å². The summed E-state index contributed by atoms with van der Waals surface area (Å²) in [6.07, 6.45) is 3.80. The van der Waals surface area contributed by atoms with Crippen LogP contribution >= 0.6 is 31.9 Å². The maximum Gasteiger partial charge on any atom is 0.335 e. The van der Waals surface area contributed by atoms with Gasteiger partial charge in [0.25, 0.3) is 0 Å². The highest BCUT2D eigenvalue weighted by molar-refractivity contribution is 9.11. The number of hydrogen-bond donors (Lipinski definition) is 0. The van der Waals surface area contributed by atoms with Gasteiger partial charge in [0, 0.05) is 26.1 Å². The van der Waals surface area contributed by atoms with Crippen molar-refractivity contribution in [3.63, 3.8) is 0 Å². The Bertz CT molecular complexity index is 1820. The van der Waals surface area contributed by atoms with Gasteiger partial charge >= 0.3 is 11.9 Å². The van der Waals surface area contributed by atoms with E-state index in [0.29, 0.717) is 39.3 Å². The molecule has 0 saturated carbocycles. The molecule has 57 heavy (non-hydrogen) atoms. The average molecular weight is 909 g/mol. The van der Waals surface area contributed by atoms with Crippen molar-refractivity contribution in [3.05, 3.63) is 115 Å². The van der Waals surface area contributed by atoms with Crippen LogP contribution in [-0.4, -0.2) is 62.8 Å². The molecule has 1 aliphatic carbocycles.